The van der Waals surface area contributed by atoms with E-state index in [4.69, 9.17) is 32.5 Å². The fraction of sp³-hybridized carbons (Fsp3) is 0.500. The number of benzene rings is 3. The third-order valence-corrected chi connectivity index (χ3v) is 19.6. The maximum absolute atomic E-state index is 12.5. The number of ether oxygens (including phenoxy) is 5. The Morgan fingerprint density at radius 3 is 1.73 bits per heavy atom. The molecule has 0 saturated heterocycles. The Morgan fingerprint density at radius 1 is 0.745 bits per heavy atom. The summed E-state index contributed by atoms with van der Waals surface area (Å²) in [6.45, 7) is 20.6. The van der Waals surface area contributed by atoms with E-state index >= 15 is 0 Å². The first-order valence-electron chi connectivity index (χ1n) is 17.6. The summed E-state index contributed by atoms with van der Waals surface area (Å²) in [6.07, 6.45) is -0.669. The van der Waals surface area contributed by atoms with Crippen LogP contribution in [0.5, 0.6) is 17.2 Å². The third-order valence-electron chi connectivity index (χ3n) is 10.2. The minimum absolute atomic E-state index is 0.0116. The summed E-state index contributed by atoms with van der Waals surface area (Å²) in [5.74, 6) is -0.155. The lowest BCUT2D eigenvalue weighted by atomic mass is 9.85. The first kappa shape index (κ1) is 40.1. The standard InChI is InChI=1S/C40H56O9Si2/c1-28(41)44-24-30(25-48-51(40(6,7)8,31-18-14-12-15-19-31)32-20-16-13-17-21-32)34(26-45-29(2)42)38(49-50(10,11)39(3,4)5)33-22-36-37(47-27-46-36)23-35(33)43-9/h12-23,30,34,38H,24-27H2,1-11H3/t30-,34-,38+/m1/s1. The van der Waals surface area contributed by atoms with Crippen LogP contribution in [-0.2, 0) is 27.9 Å². The molecule has 0 aromatic heterocycles. The van der Waals surface area contributed by atoms with Gasteiger partial charge < -0.3 is 32.5 Å². The lowest BCUT2D eigenvalue weighted by Gasteiger charge is -2.46. The zero-order chi connectivity index (χ0) is 37.6. The Labute approximate surface area is 306 Å². The molecule has 51 heavy (non-hydrogen) atoms. The molecule has 278 valence electrons. The molecule has 0 saturated carbocycles. The average molecular weight is 737 g/mol. The highest BCUT2D eigenvalue weighted by Gasteiger charge is 2.51. The first-order valence-corrected chi connectivity index (χ1v) is 22.4. The molecule has 3 atom stereocenters. The molecule has 0 amide bonds. The molecule has 0 N–H and O–H groups in total. The highest BCUT2D eigenvalue weighted by Crippen LogP contribution is 2.49. The van der Waals surface area contributed by atoms with Crippen molar-refractivity contribution in [2.45, 2.75) is 84.7 Å². The molecule has 3 aromatic carbocycles. The van der Waals surface area contributed by atoms with Crippen molar-refractivity contribution in [2.75, 3.05) is 33.7 Å². The van der Waals surface area contributed by atoms with Crippen LogP contribution in [-0.4, -0.2) is 62.3 Å². The lowest BCUT2D eigenvalue weighted by Crippen LogP contribution is -2.67. The van der Waals surface area contributed by atoms with E-state index in [2.05, 4.69) is 78.9 Å². The molecule has 0 aliphatic carbocycles. The van der Waals surface area contributed by atoms with E-state index in [9.17, 15) is 9.59 Å². The summed E-state index contributed by atoms with van der Waals surface area (Å²) < 4.78 is 43.9. The third kappa shape index (κ3) is 9.24. The van der Waals surface area contributed by atoms with Gasteiger partial charge in [-0.1, -0.05) is 102 Å². The second kappa shape index (κ2) is 16.4. The number of methoxy groups -OCH3 is 1. The van der Waals surface area contributed by atoms with Crippen LogP contribution in [0.1, 0.15) is 67.1 Å². The molecule has 11 heteroatoms. The Hall–Kier alpha value is -3.65. The topological polar surface area (TPSA) is 98.8 Å². The van der Waals surface area contributed by atoms with E-state index in [1.54, 1.807) is 7.11 Å². The van der Waals surface area contributed by atoms with Crippen LogP contribution in [0, 0.1) is 11.8 Å². The van der Waals surface area contributed by atoms with Crippen LogP contribution in [0.15, 0.2) is 72.8 Å². The monoisotopic (exact) mass is 736 g/mol. The largest absolute Gasteiger partial charge is 0.496 e. The van der Waals surface area contributed by atoms with Crippen molar-refractivity contribution < 1.29 is 42.1 Å². The fourth-order valence-electron chi connectivity index (χ4n) is 6.41. The Kier molecular flexibility index (Phi) is 12.9. The summed E-state index contributed by atoms with van der Waals surface area (Å²) in [5, 5.41) is 1.78. The summed E-state index contributed by atoms with van der Waals surface area (Å²) in [7, 11) is -3.94. The number of hydrogen-bond acceptors (Lipinski definition) is 9. The molecular weight excluding hydrogens is 681 g/mol. The molecule has 0 spiro atoms. The minimum atomic E-state index is -3.02. The predicted octanol–water partition coefficient (Wildman–Crippen LogP) is 7.42. The average Bonchev–Trinajstić information content (AvgIpc) is 3.53. The Bertz CT molecular complexity index is 1580. The van der Waals surface area contributed by atoms with E-state index < -0.39 is 46.5 Å². The summed E-state index contributed by atoms with van der Waals surface area (Å²) >= 11 is 0. The van der Waals surface area contributed by atoms with Crippen LogP contribution >= 0.6 is 0 Å². The van der Waals surface area contributed by atoms with E-state index in [1.807, 2.05) is 48.5 Å². The van der Waals surface area contributed by atoms with Gasteiger partial charge in [-0.2, -0.15) is 0 Å². The zero-order valence-corrected chi connectivity index (χ0v) is 34.2. The van der Waals surface area contributed by atoms with Crippen molar-refractivity contribution in [3.05, 3.63) is 78.4 Å². The number of esters is 2. The predicted molar refractivity (Wildman–Crippen MR) is 204 cm³/mol. The number of rotatable bonds is 15. The zero-order valence-electron chi connectivity index (χ0n) is 32.2. The van der Waals surface area contributed by atoms with Crippen LogP contribution in [0.25, 0.3) is 0 Å². The normalized spacial score (nSPS) is 15.1. The maximum Gasteiger partial charge on any atom is 0.302 e. The van der Waals surface area contributed by atoms with Crippen molar-refractivity contribution in [3.63, 3.8) is 0 Å². The molecule has 0 radical (unpaired) electrons. The number of hydrogen-bond donors (Lipinski definition) is 0. The number of carbonyl (C=O) groups is 2. The van der Waals surface area contributed by atoms with Gasteiger partial charge in [-0.25, -0.2) is 0 Å². The highest BCUT2D eigenvalue weighted by atomic mass is 28.4. The van der Waals surface area contributed by atoms with Crippen molar-refractivity contribution >= 4 is 38.9 Å². The van der Waals surface area contributed by atoms with Crippen LogP contribution < -0.4 is 24.6 Å². The Morgan fingerprint density at radius 2 is 1.25 bits per heavy atom. The summed E-state index contributed by atoms with van der Waals surface area (Å²) in [6, 6.07) is 24.5. The molecule has 1 aliphatic rings. The van der Waals surface area contributed by atoms with Gasteiger partial charge in [-0.05, 0) is 39.6 Å². The molecule has 0 unspecified atom stereocenters. The van der Waals surface area contributed by atoms with Crippen molar-refractivity contribution in [3.8, 4) is 17.2 Å². The van der Waals surface area contributed by atoms with Crippen LogP contribution in [0.3, 0.4) is 0 Å². The second-order valence-corrected chi connectivity index (χ2v) is 24.8. The molecule has 4 rings (SSSR count). The van der Waals surface area contributed by atoms with Gasteiger partial charge in [0.2, 0.25) is 6.79 Å². The molecule has 0 bridgehead atoms. The number of fused-ring (bicyclic) bond motifs is 1. The maximum atomic E-state index is 12.5. The van der Waals surface area contributed by atoms with E-state index in [1.165, 1.54) is 13.8 Å². The van der Waals surface area contributed by atoms with E-state index in [0.717, 1.165) is 15.9 Å². The van der Waals surface area contributed by atoms with Gasteiger partial charge in [0.05, 0.1) is 26.4 Å². The van der Waals surface area contributed by atoms with E-state index in [-0.39, 0.29) is 36.7 Å². The van der Waals surface area contributed by atoms with Crippen molar-refractivity contribution in [1.82, 2.24) is 0 Å². The Balaban J connectivity index is 1.94. The molecule has 1 aliphatic heterocycles. The minimum Gasteiger partial charge on any atom is -0.496 e. The second-order valence-electron chi connectivity index (χ2n) is 15.7. The summed E-state index contributed by atoms with van der Waals surface area (Å²) in [4.78, 5) is 25.0. The van der Waals surface area contributed by atoms with Gasteiger partial charge in [0.25, 0.3) is 8.32 Å². The SMILES string of the molecule is COc1cc2c(cc1[C@H](O[Si](C)(C)C(C)(C)C)[C@H](COC(C)=O)[C@H](COC(C)=O)CO[Si](c1ccccc1)(c1ccccc1)C(C)(C)C)OCO2. The lowest BCUT2D eigenvalue weighted by molar-refractivity contribution is -0.150. The van der Waals surface area contributed by atoms with Crippen molar-refractivity contribution in [2.24, 2.45) is 11.8 Å². The van der Waals surface area contributed by atoms with Gasteiger partial charge in [0.1, 0.15) is 5.75 Å². The number of carbonyl (C=O) groups excluding carboxylic acids is 2. The molecule has 9 nitrogen and oxygen atoms in total. The smallest absolute Gasteiger partial charge is 0.302 e. The molecular formula is C40H56O9Si2. The van der Waals surface area contributed by atoms with Gasteiger partial charge >= 0.3 is 11.9 Å². The van der Waals surface area contributed by atoms with Gasteiger partial charge in [-0.15, -0.1) is 0 Å². The highest BCUT2D eigenvalue weighted by molar-refractivity contribution is 6.99. The fourth-order valence-corrected chi connectivity index (χ4v) is 12.3. The summed E-state index contributed by atoms with van der Waals surface area (Å²) in [5.41, 5.74) is 0.724. The molecule has 3 aromatic rings. The van der Waals surface area contributed by atoms with Crippen molar-refractivity contribution in [1.29, 1.82) is 0 Å². The van der Waals surface area contributed by atoms with E-state index in [0.29, 0.717) is 17.2 Å². The van der Waals surface area contributed by atoms with Gasteiger partial charge in [0.15, 0.2) is 19.8 Å². The van der Waals surface area contributed by atoms with Gasteiger partial charge in [-0.3, -0.25) is 9.59 Å². The van der Waals surface area contributed by atoms with Gasteiger partial charge in [0, 0.05) is 43.9 Å². The molecule has 0 fully saturated rings. The molecule has 1 heterocycles. The van der Waals surface area contributed by atoms with Crippen LogP contribution in [0.4, 0.5) is 0 Å². The first-order chi connectivity index (χ1) is 23.9. The van der Waals surface area contributed by atoms with Crippen LogP contribution in [0.2, 0.25) is 23.2 Å². The quantitative estimate of drug-likeness (QED) is 0.117.